The van der Waals surface area contributed by atoms with Crippen LogP contribution in [0.1, 0.15) is 29.7 Å². The van der Waals surface area contributed by atoms with Gasteiger partial charge in [0.15, 0.2) is 0 Å². The minimum atomic E-state index is -0.436. The van der Waals surface area contributed by atoms with Gasteiger partial charge in [0.25, 0.3) is 0 Å². The molecule has 1 unspecified atom stereocenters. The third-order valence-corrected chi connectivity index (χ3v) is 5.54. The highest BCUT2D eigenvalue weighted by Crippen LogP contribution is 2.32. The largest absolute Gasteiger partial charge is 0.441 e. The van der Waals surface area contributed by atoms with Gasteiger partial charge in [-0.2, -0.15) is 0 Å². The van der Waals surface area contributed by atoms with E-state index in [-0.39, 0.29) is 18.6 Å². The van der Waals surface area contributed by atoms with E-state index < -0.39 is 5.60 Å². The molecule has 1 N–H and O–H groups in total. The zero-order chi connectivity index (χ0) is 17.2. The molecule has 3 rings (SSSR count). The fourth-order valence-electron chi connectivity index (χ4n) is 3.26. The van der Waals surface area contributed by atoms with E-state index in [4.69, 9.17) is 9.84 Å². The van der Waals surface area contributed by atoms with Gasteiger partial charge in [-0.25, -0.2) is 4.79 Å². The zero-order valence-corrected chi connectivity index (χ0v) is 14.6. The van der Waals surface area contributed by atoms with Crippen LogP contribution in [0, 0.1) is 0 Å². The molecule has 2 fully saturated rings. The standard InChI is InChI=1S/C17H22N2O4S/c1-18-12-17(23-16(18)22)5-2-7-19(8-6-17)15(21)4-3-14-9-13(10-20)11-24-14/h3-4,9,11,20H,2,5-8,10,12H2,1H3. The first kappa shape index (κ1) is 17.0. The van der Waals surface area contributed by atoms with Gasteiger partial charge < -0.3 is 19.6 Å². The number of amides is 2. The highest BCUT2D eigenvalue weighted by molar-refractivity contribution is 7.11. The number of hydrogen-bond donors (Lipinski definition) is 1. The molecule has 1 aromatic heterocycles. The predicted octanol–water partition coefficient (Wildman–Crippen LogP) is 2.09. The molecule has 3 heterocycles. The highest BCUT2D eigenvalue weighted by Gasteiger charge is 2.44. The van der Waals surface area contributed by atoms with Crippen molar-refractivity contribution in [2.75, 3.05) is 26.7 Å². The molecule has 130 valence electrons. The Kier molecular flexibility index (Phi) is 4.91. The van der Waals surface area contributed by atoms with Gasteiger partial charge in [-0.15, -0.1) is 11.3 Å². The fraction of sp³-hybridized carbons (Fsp3) is 0.529. The minimum Gasteiger partial charge on any atom is -0.441 e. The molecule has 1 atom stereocenters. The number of hydrogen-bond acceptors (Lipinski definition) is 5. The van der Waals surface area contributed by atoms with Crippen LogP contribution in [0.15, 0.2) is 17.5 Å². The van der Waals surface area contributed by atoms with Crippen LogP contribution in [-0.2, 0) is 16.1 Å². The van der Waals surface area contributed by atoms with E-state index in [0.717, 1.165) is 23.3 Å². The van der Waals surface area contributed by atoms with E-state index in [9.17, 15) is 9.59 Å². The van der Waals surface area contributed by atoms with Crippen LogP contribution in [0.4, 0.5) is 4.79 Å². The van der Waals surface area contributed by atoms with Crippen molar-refractivity contribution in [1.29, 1.82) is 0 Å². The molecule has 7 heteroatoms. The second kappa shape index (κ2) is 6.94. The molecule has 0 radical (unpaired) electrons. The maximum atomic E-state index is 12.4. The van der Waals surface area contributed by atoms with Gasteiger partial charge in [-0.3, -0.25) is 4.79 Å². The topological polar surface area (TPSA) is 70.1 Å². The first-order chi connectivity index (χ1) is 11.5. The number of likely N-dealkylation sites (N-methyl/N-ethyl adjacent to an activating group) is 1. The number of carbonyl (C=O) groups excluding carboxylic acids is 2. The van der Waals surface area contributed by atoms with E-state index in [2.05, 4.69) is 0 Å². The van der Waals surface area contributed by atoms with Gasteiger partial charge in [0.1, 0.15) is 5.60 Å². The van der Waals surface area contributed by atoms with Crippen LogP contribution >= 0.6 is 11.3 Å². The Hall–Kier alpha value is -1.86. The van der Waals surface area contributed by atoms with Crippen molar-refractivity contribution in [3.05, 3.63) is 28.0 Å². The van der Waals surface area contributed by atoms with Crippen molar-refractivity contribution in [3.63, 3.8) is 0 Å². The number of likely N-dealkylation sites (tertiary alicyclic amines) is 1. The van der Waals surface area contributed by atoms with Gasteiger partial charge in [0.05, 0.1) is 13.2 Å². The Labute approximate surface area is 145 Å². The Balaban J connectivity index is 1.59. The Morgan fingerprint density at radius 3 is 2.96 bits per heavy atom. The van der Waals surface area contributed by atoms with Crippen molar-refractivity contribution < 1.29 is 19.4 Å². The third kappa shape index (κ3) is 3.62. The number of ether oxygens (including phenoxy) is 1. The summed E-state index contributed by atoms with van der Waals surface area (Å²) in [6.07, 6.45) is 5.40. The summed E-state index contributed by atoms with van der Waals surface area (Å²) in [6.45, 7) is 1.89. The number of thiophene rings is 1. The molecule has 2 aliphatic rings. The van der Waals surface area contributed by atoms with Crippen LogP contribution in [0.2, 0.25) is 0 Å². The molecular weight excluding hydrogens is 328 g/mol. The zero-order valence-electron chi connectivity index (χ0n) is 13.7. The van der Waals surface area contributed by atoms with Crippen LogP contribution in [0.5, 0.6) is 0 Å². The van der Waals surface area contributed by atoms with Crippen molar-refractivity contribution in [2.45, 2.75) is 31.5 Å². The lowest BCUT2D eigenvalue weighted by Crippen LogP contribution is -2.36. The molecule has 0 bridgehead atoms. The summed E-state index contributed by atoms with van der Waals surface area (Å²) in [4.78, 5) is 28.4. The van der Waals surface area contributed by atoms with E-state index in [1.165, 1.54) is 11.3 Å². The second-order valence-corrected chi connectivity index (χ2v) is 7.38. The van der Waals surface area contributed by atoms with Crippen LogP contribution in [0.25, 0.3) is 6.08 Å². The number of nitrogens with zero attached hydrogens (tertiary/aromatic N) is 2. The molecule has 2 amide bonds. The second-order valence-electron chi connectivity index (χ2n) is 6.43. The molecule has 24 heavy (non-hydrogen) atoms. The van der Waals surface area contributed by atoms with E-state index >= 15 is 0 Å². The molecule has 2 aliphatic heterocycles. The number of aliphatic hydroxyl groups excluding tert-OH is 1. The minimum absolute atomic E-state index is 0.0136. The Bertz CT molecular complexity index is 657. The molecule has 1 spiro atoms. The van der Waals surface area contributed by atoms with E-state index in [0.29, 0.717) is 26.1 Å². The Morgan fingerprint density at radius 2 is 2.29 bits per heavy atom. The van der Waals surface area contributed by atoms with Crippen molar-refractivity contribution in [2.24, 2.45) is 0 Å². The molecular formula is C17H22N2O4S. The first-order valence-electron chi connectivity index (χ1n) is 8.11. The first-order valence-corrected chi connectivity index (χ1v) is 8.99. The summed E-state index contributed by atoms with van der Waals surface area (Å²) in [7, 11) is 1.75. The van der Waals surface area contributed by atoms with Crippen LogP contribution < -0.4 is 0 Å². The summed E-state index contributed by atoms with van der Waals surface area (Å²) >= 11 is 1.50. The van der Waals surface area contributed by atoms with Gasteiger partial charge in [0, 0.05) is 37.5 Å². The monoisotopic (exact) mass is 350 g/mol. The molecule has 0 aliphatic carbocycles. The van der Waals surface area contributed by atoms with Crippen molar-refractivity contribution >= 4 is 29.4 Å². The average Bonchev–Trinajstić information content (AvgIpc) is 3.06. The molecule has 0 aromatic carbocycles. The molecule has 2 saturated heterocycles. The maximum Gasteiger partial charge on any atom is 0.410 e. The number of aliphatic hydroxyl groups is 1. The highest BCUT2D eigenvalue weighted by atomic mass is 32.1. The average molecular weight is 350 g/mol. The maximum absolute atomic E-state index is 12.4. The third-order valence-electron chi connectivity index (χ3n) is 4.60. The van der Waals surface area contributed by atoms with Crippen LogP contribution in [0.3, 0.4) is 0 Å². The van der Waals surface area contributed by atoms with Gasteiger partial charge in [-0.1, -0.05) is 0 Å². The van der Waals surface area contributed by atoms with Gasteiger partial charge >= 0.3 is 6.09 Å². The Morgan fingerprint density at radius 1 is 1.46 bits per heavy atom. The lowest BCUT2D eigenvalue weighted by Gasteiger charge is -2.25. The molecule has 0 saturated carbocycles. The number of rotatable bonds is 3. The van der Waals surface area contributed by atoms with Crippen LogP contribution in [-0.4, -0.2) is 59.2 Å². The SMILES string of the molecule is CN1CC2(CCCN(C(=O)C=Cc3cc(CO)cs3)CC2)OC1=O. The molecule has 1 aromatic rings. The lowest BCUT2D eigenvalue weighted by atomic mass is 9.95. The quantitative estimate of drug-likeness (QED) is 0.848. The molecule has 6 nitrogen and oxygen atoms in total. The van der Waals surface area contributed by atoms with Gasteiger partial charge in [0.2, 0.25) is 5.91 Å². The van der Waals surface area contributed by atoms with Gasteiger partial charge in [-0.05, 0) is 35.9 Å². The van der Waals surface area contributed by atoms with E-state index in [1.807, 2.05) is 16.3 Å². The summed E-state index contributed by atoms with van der Waals surface area (Å²) in [5.74, 6) is -0.0244. The summed E-state index contributed by atoms with van der Waals surface area (Å²) < 4.78 is 5.56. The fourth-order valence-corrected chi connectivity index (χ4v) is 4.06. The van der Waals surface area contributed by atoms with E-state index in [1.54, 1.807) is 24.1 Å². The van der Waals surface area contributed by atoms with Crippen molar-refractivity contribution in [1.82, 2.24) is 9.80 Å². The van der Waals surface area contributed by atoms with Crippen molar-refractivity contribution in [3.8, 4) is 0 Å². The summed E-state index contributed by atoms with van der Waals surface area (Å²) in [5.41, 5.74) is 0.421. The summed E-state index contributed by atoms with van der Waals surface area (Å²) in [6, 6.07) is 1.87. The smallest absolute Gasteiger partial charge is 0.410 e. The normalized spacial score (nSPS) is 24.7. The number of carbonyl (C=O) groups is 2. The predicted molar refractivity (Wildman–Crippen MR) is 91.5 cm³/mol. The summed E-state index contributed by atoms with van der Waals surface area (Å²) in [5, 5.41) is 10.9. The lowest BCUT2D eigenvalue weighted by molar-refractivity contribution is -0.126.